The molecular weight excluding hydrogens is 245 g/mol. The first-order chi connectivity index (χ1) is 9.10. The van der Waals surface area contributed by atoms with Crippen molar-refractivity contribution in [3.63, 3.8) is 0 Å². The zero-order chi connectivity index (χ0) is 13.8. The summed E-state index contributed by atoms with van der Waals surface area (Å²) >= 11 is 0. The van der Waals surface area contributed by atoms with Crippen LogP contribution in [-0.4, -0.2) is 17.1 Å². The maximum atomic E-state index is 13.2. The van der Waals surface area contributed by atoms with Gasteiger partial charge in [-0.3, -0.25) is 0 Å². The van der Waals surface area contributed by atoms with Gasteiger partial charge in [0.05, 0.1) is 7.11 Å². The highest BCUT2D eigenvalue weighted by Crippen LogP contribution is 2.19. The molecule has 2 N–H and O–H groups in total. The lowest BCUT2D eigenvalue weighted by atomic mass is 10.0. The highest BCUT2D eigenvalue weighted by Gasteiger charge is 2.10. The Kier molecular flexibility index (Phi) is 4.06. The van der Waals surface area contributed by atoms with Crippen molar-refractivity contribution in [2.45, 2.75) is 19.4 Å². The quantitative estimate of drug-likeness (QED) is 0.916. The van der Waals surface area contributed by atoms with Crippen LogP contribution in [0.4, 0.5) is 4.39 Å². The van der Waals surface area contributed by atoms with E-state index in [1.54, 1.807) is 32.2 Å². The Morgan fingerprint density at radius 2 is 2.11 bits per heavy atom. The van der Waals surface area contributed by atoms with Crippen LogP contribution in [0.3, 0.4) is 0 Å². The summed E-state index contributed by atoms with van der Waals surface area (Å²) in [6.45, 7) is 1.72. The van der Waals surface area contributed by atoms with E-state index in [1.807, 2.05) is 0 Å². The Bertz CT molecular complexity index is 574. The van der Waals surface area contributed by atoms with E-state index in [4.69, 9.17) is 10.5 Å². The van der Waals surface area contributed by atoms with Crippen molar-refractivity contribution in [3.8, 4) is 5.88 Å². The second-order valence-corrected chi connectivity index (χ2v) is 4.37. The van der Waals surface area contributed by atoms with E-state index in [0.29, 0.717) is 17.9 Å². The van der Waals surface area contributed by atoms with Crippen LogP contribution in [-0.2, 0) is 6.42 Å². The summed E-state index contributed by atoms with van der Waals surface area (Å²) in [5, 5.41) is 0. The predicted molar refractivity (Wildman–Crippen MR) is 70.4 cm³/mol. The number of nitrogens with zero attached hydrogens (tertiary/aromatic N) is 2. The molecule has 100 valence electrons. The van der Waals surface area contributed by atoms with Gasteiger partial charge in [-0.25, -0.2) is 14.4 Å². The number of ether oxygens (including phenoxy) is 1. The first kappa shape index (κ1) is 13.4. The topological polar surface area (TPSA) is 61.0 Å². The van der Waals surface area contributed by atoms with Gasteiger partial charge in [0.15, 0.2) is 0 Å². The van der Waals surface area contributed by atoms with E-state index in [-0.39, 0.29) is 11.9 Å². The molecule has 5 heteroatoms. The summed E-state index contributed by atoms with van der Waals surface area (Å²) in [5.41, 5.74) is 8.38. The summed E-state index contributed by atoms with van der Waals surface area (Å²) in [5.74, 6) is 0.284. The second-order valence-electron chi connectivity index (χ2n) is 4.37. The SMILES string of the molecule is COc1cc(CC(N)c2ccc(F)c(C)c2)ncn1. The Labute approximate surface area is 111 Å². The largest absolute Gasteiger partial charge is 0.481 e. The number of nitrogens with two attached hydrogens (primary N) is 1. The van der Waals surface area contributed by atoms with Crippen molar-refractivity contribution >= 4 is 0 Å². The van der Waals surface area contributed by atoms with Gasteiger partial charge < -0.3 is 10.5 Å². The van der Waals surface area contributed by atoms with Gasteiger partial charge in [0, 0.05) is 24.2 Å². The van der Waals surface area contributed by atoms with Gasteiger partial charge in [-0.2, -0.15) is 0 Å². The lowest BCUT2D eigenvalue weighted by molar-refractivity contribution is 0.395. The maximum absolute atomic E-state index is 13.2. The molecule has 1 unspecified atom stereocenters. The van der Waals surface area contributed by atoms with Gasteiger partial charge in [-0.05, 0) is 24.1 Å². The molecule has 0 aliphatic carbocycles. The van der Waals surface area contributed by atoms with Crippen molar-refractivity contribution < 1.29 is 9.13 Å². The molecule has 1 aromatic carbocycles. The Hall–Kier alpha value is -2.01. The number of methoxy groups -OCH3 is 1. The normalized spacial score (nSPS) is 12.2. The average Bonchev–Trinajstić information content (AvgIpc) is 2.42. The minimum absolute atomic E-state index is 0.223. The van der Waals surface area contributed by atoms with Crippen LogP contribution in [0.25, 0.3) is 0 Å². The Balaban J connectivity index is 2.15. The molecule has 2 aromatic rings. The fourth-order valence-corrected chi connectivity index (χ4v) is 1.84. The molecule has 4 nitrogen and oxygen atoms in total. The van der Waals surface area contributed by atoms with Crippen molar-refractivity contribution in [1.29, 1.82) is 0 Å². The number of hydrogen-bond acceptors (Lipinski definition) is 4. The van der Waals surface area contributed by atoms with E-state index >= 15 is 0 Å². The Morgan fingerprint density at radius 1 is 1.32 bits per heavy atom. The predicted octanol–water partition coefficient (Wildman–Crippen LogP) is 2.18. The highest BCUT2D eigenvalue weighted by atomic mass is 19.1. The fourth-order valence-electron chi connectivity index (χ4n) is 1.84. The molecule has 0 aliphatic rings. The van der Waals surface area contributed by atoms with Crippen LogP contribution in [0.15, 0.2) is 30.6 Å². The Morgan fingerprint density at radius 3 is 2.79 bits per heavy atom. The molecule has 0 amide bonds. The highest BCUT2D eigenvalue weighted by molar-refractivity contribution is 5.27. The van der Waals surface area contributed by atoms with Crippen LogP contribution in [0.2, 0.25) is 0 Å². The number of halogens is 1. The van der Waals surface area contributed by atoms with E-state index in [0.717, 1.165) is 11.3 Å². The molecule has 0 saturated carbocycles. The smallest absolute Gasteiger partial charge is 0.216 e. The fraction of sp³-hybridized carbons (Fsp3) is 0.286. The third kappa shape index (κ3) is 3.26. The summed E-state index contributed by atoms with van der Waals surface area (Å²) in [4.78, 5) is 8.09. The molecule has 0 bridgehead atoms. The van der Waals surface area contributed by atoms with Gasteiger partial charge in [-0.1, -0.05) is 12.1 Å². The van der Waals surface area contributed by atoms with Gasteiger partial charge in [0.2, 0.25) is 5.88 Å². The molecule has 2 rings (SSSR count). The molecule has 0 radical (unpaired) electrons. The number of hydrogen-bond donors (Lipinski definition) is 1. The number of aryl methyl sites for hydroxylation is 1. The van der Waals surface area contributed by atoms with Gasteiger partial charge in [0.1, 0.15) is 12.1 Å². The van der Waals surface area contributed by atoms with Gasteiger partial charge >= 0.3 is 0 Å². The molecule has 0 aliphatic heterocycles. The monoisotopic (exact) mass is 261 g/mol. The number of benzene rings is 1. The minimum Gasteiger partial charge on any atom is -0.481 e. The van der Waals surface area contributed by atoms with Crippen LogP contribution >= 0.6 is 0 Å². The van der Waals surface area contributed by atoms with Crippen molar-refractivity contribution in [2.24, 2.45) is 5.73 Å². The molecule has 0 saturated heterocycles. The van der Waals surface area contributed by atoms with Gasteiger partial charge in [-0.15, -0.1) is 0 Å². The second kappa shape index (κ2) is 5.75. The minimum atomic E-state index is -0.237. The lowest BCUT2D eigenvalue weighted by Gasteiger charge is -2.13. The number of rotatable bonds is 4. The molecule has 1 atom stereocenters. The third-order valence-electron chi connectivity index (χ3n) is 2.95. The van der Waals surface area contributed by atoms with Crippen molar-refractivity contribution in [1.82, 2.24) is 9.97 Å². The van der Waals surface area contributed by atoms with Crippen molar-refractivity contribution in [3.05, 3.63) is 53.2 Å². The van der Waals surface area contributed by atoms with Crippen molar-refractivity contribution in [2.75, 3.05) is 7.11 Å². The third-order valence-corrected chi connectivity index (χ3v) is 2.95. The van der Waals surface area contributed by atoms with E-state index in [9.17, 15) is 4.39 Å². The molecule has 0 fully saturated rings. The lowest BCUT2D eigenvalue weighted by Crippen LogP contribution is -2.14. The van der Waals surface area contributed by atoms with Crippen LogP contribution in [0.5, 0.6) is 5.88 Å². The summed E-state index contributed by atoms with van der Waals surface area (Å²) in [7, 11) is 1.55. The summed E-state index contributed by atoms with van der Waals surface area (Å²) < 4.78 is 18.2. The maximum Gasteiger partial charge on any atom is 0.216 e. The molecular formula is C14H16FN3O. The molecule has 1 aromatic heterocycles. The standard InChI is InChI=1S/C14H16FN3O/c1-9-5-10(3-4-12(9)15)13(16)6-11-7-14(19-2)18-8-17-11/h3-5,7-8,13H,6,16H2,1-2H3. The zero-order valence-corrected chi connectivity index (χ0v) is 10.9. The van der Waals surface area contributed by atoms with Gasteiger partial charge in [0.25, 0.3) is 0 Å². The summed E-state index contributed by atoms with van der Waals surface area (Å²) in [6.07, 6.45) is 1.99. The first-order valence-corrected chi connectivity index (χ1v) is 5.96. The van der Waals surface area contributed by atoms with E-state index < -0.39 is 0 Å². The average molecular weight is 261 g/mol. The molecule has 19 heavy (non-hydrogen) atoms. The summed E-state index contributed by atoms with van der Waals surface area (Å²) in [6, 6.07) is 6.41. The number of aromatic nitrogens is 2. The van der Waals surface area contributed by atoms with Crippen LogP contribution in [0.1, 0.15) is 22.9 Å². The van der Waals surface area contributed by atoms with Crippen LogP contribution in [0, 0.1) is 12.7 Å². The van der Waals surface area contributed by atoms with Crippen LogP contribution < -0.4 is 10.5 Å². The molecule has 0 spiro atoms. The van der Waals surface area contributed by atoms with E-state index in [2.05, 4.69) is 9.97 Å². The zero-order valence-electron chi connectivity index (χ0n) is 10.9. The molecule has 1 heterocycles. The first-order valence-electron chi connectivity index (χ1n) is 5.96. The van der Waals surface area contributed by atoms with E-state index in [1.165, 1.54) is 12.4 Å².